The lowest BCUT2D eigenvalue weighted by atomic mass is 9.97. The molecular formula is C16H19FN2. The molecule has 0 aliphatic heterocycles. The monoisotopic (exact) mass is 258 g/mol. The molecule has 3 heteroatoms. The highest BCUT2D eigenvalue weighted by Crippen LogP contribution is 2.29. The predicted octanol–water partition coefficient (Wildman–Crippen LogP) is 4.09. The van der Waals surface area contributed by atoms with Crippen LogP contribution in [-0.2, 0) is 0 Å². The summed E-state index contributed by atoms with van der Waals surface area (Å²) in [7, 11) is 0. The van der Waals surface area contributed by atoms with Gasteiger partial charge in [-0.05, 0) is 23.4 Å². The Morgan fingerprint density at radius 3 is 2.47 bits per heavy atom. The van der Waals surface area contributed by atoms with Gasteiger partial charge in [0, 0.05) is 5.39 Å². The van der Waals surface area contributed by atoms with E-state index in [-0.39, 0.29) is 11.5 Å². The molecule has 0 spiro atoms. The summed E-state index contributed by atoms with van der Waals surface area (Å²) in [6, 6.07) is 4.75. The summed E-state index contributed by atoms with van der Waals surface area (Å²) in [5.41, 5.74) is 6.74. The van der Waals surface area contributed by atoms with Gasteiger partial charge in [0.05, 0.1) is 11.3 Å². The van der Waals surface area contributed by atoms with E-state index >= 15 is 0 Å². The molecule has 0 saturated carbocycles. The topological polar surface area (TPSA) is 38.9 Å². The highest BCUT2D eigenvalue weighted by atomic mass is 19.1. The van der Waals surface area contributed by atoms with Crippen molar-refractivity contribution in [1.82, 2.24) is 4.98 Å². The molecule has 2 N–H and O–H groups in total. The normalized spacial score (nSPS) is 9.95. The molecule has 2 aromatic rings. The number of terminal acetylenes is 1. The number of nitrogens with two attached hydrogens (primary N) is 1. The molecular weight excluding hydrogens is 239 g/mol. The van der Waals surface area contributed by atoms with Crippen LogP contribution in [0.4, 0.5) is 10.2 Å². The highest BCUT2D eigenvalue weighted by molar-refractivity contribution is 5.92. The lowest BCUT2D eigenvalue weighted by Crippen LogP contribution is -2.01. The maximum absolute atomic E-state index is 13.7. The molecule has 0 bridgehead atoms. The van der Waals surface area contributed by atoms with Gasteiger partial charge in [-0.25, -0.2) is 9.37 Å². The van der Waals surface area contributed by atoms with Gasteiger partial charge in [0.25, 0.3) is 0 Å². The van der Waals surface area contributed by atoms with Crippen molar-refractivity contribution in [3.8, 4) is 12.3 Å². The second-order valence-electron chi connectivity index (χ2n) is 4.25. The molecule has 0 atom stereocenters. The number of fused-ring (bicyclic) bond motifs is 1. The van der Waals surface area contributed by atoms with Crippen LogP contribution in [-0.4, -0.2) is 4.98 Å². The van der Waals surface area contributed by atoms with Crippen LogP contribution in [0.2, 0.25) is 0 Å². The average Bonchev–Trinajstić information content (AvgIpc) is 2.40. The Hall–Kier alpha value is -2.08. The number of nitrogen functional groups attached to an aromatic ring is 1. The van der Waals surface area contributed by atoms with Crippen LogP contribution in [0, 0.1) is 18.2 Å². The van der Waals surface area contributed by atoms with E-state index in [9.17, 15) is 4.39 Å². The number of rotatable bonds is 1. The SMILES string of the molecule is C#Cc1c(F)ccc2cc(N)nc(C(C)C)c12.CC. The number of anilines is 1. The first-order chi connectivity index (χ1) is 9.04. The minimum atomic E-state index is -0.395. The summed E-state index contributed by atoms with van der Waals surface area (Å²) in [4.78, 5) is 4.27. The van der Waals surface area contributed by atoms with Gasteiger partial charge >= 0.3 is 0 Å². The first-order valence-electron chi connectivity index (χ1n) is 6.39. The van der Waals surface area contributed by atoms with Crippen LogP contribution < -0.4 is 5.73 Å². The number of benzene rings is 1. The van der Waals surface area contributed by atoms with Crippen molar-refractivity contribution in [3.63, 3.8) is 0 Å². The van der Waals surface area contributed by atoms with Gasteiger partial charge in [-0.2, -0.15) is 0 Å². The Labute approximate surface area is 113 Å². The second kappa shape index (κ2) is 6.19. The summed E-state index contributed by atoms with van der Waals surface area (Å²) < 4.78 is 13.7. The molecule has 0 aliphatic carbocycles. The zero-order chi connectivity index (χ0) is 14.6. The summed E-state index contributed by atoms with van der Waals surface area (Å²) >= 11 is 0. The average molecular weight is 258 g/mol. The summed E-state index contributed by atoms with van der Waals surface area (Å²) in [6.07, 6.45) is 5.37. The minimum absolute atomic E-state index is 0.134. The van der Waals surface area contributed by atoms with E-state index in [4.69, 9.17) is 12.2 Å². The van der Waals surface area contributed by atoms with Crippen molar-refractivity contribution in [2.75, 3.05) is 5.73 Å². The third-order valence-corrected chi connectivity index (χ3v) is 2.69. The highest BCUT2D eigenvalue weighted by Gasteiger charge is 2.14. The molecule has 0 aliphatic rings. The first-order valence-corrected chi connectivity index (χ1v) is 6.39. The molecule has 100 valence electrons. The molecule has 2 rings (SSSR count). The zero-order valence-electron chi connectivity index (χ0n) is 11.8. The van der Waals surface area contributed by atoms with E-state index in [1.165, 1.54) is 6.07 Å². The Bertz CT molecular complexity index is 625. The van der Waals surface area contributed by atoms with Crippen molar-refractivity contribution < 1.29 is 4.39 Å². The van der Waals surface area contributed by atoms with Crippen molar-refractivity contribution in [2.24, 2.45) is 0 Å². The Morgan fingerprint density at radius 2 is 1.95 bits per heavy atom. The van der Waals surface area contributed by atoms with Gasteiger partial charge in [0.15, 0.2) is 0 Å². The summed E-state index contributed by atoms with van der Waals surface area (Å²) in [6.45, 7) is 7.96. The van der Waals surface area contributed by atoms with Crippen LogP contribution in [0.15, 0.2) is 18.2 Å². The Morgan fingerprint density at radius 1 is 1.32 bits per heavy atom. The van der Waals surface area contributed by atoms with Gasteiger partial charge in [-0.1, -0.05) is 39.7 Å². The molecule has 19 heavy (non-hydrogen) atoms. The van der Waals surface area contributed by atoms with Gasteiger partial charge in [-0.15, -0.1) is 6.42 Å². The van der Waals surface area contributed by atoms with Crippen molar-refractivity contribution >= 4 is 16.6 Å². The fourth-order valence-corrected chi connectivity index (χ4v) is 1.94. The van der Waals surface area contributed by atoms with Gasteiger partial charge in [0.1, 0.15) is 11.6 Å². The van der Waals surface area contributed by atoms with E-state index < -0.39 is 5.82 Å². The molecule has 1 aromatic carbocycles. The summed E-state index contributed by atoms with van der Waals surface area (Å²) in [5, 5.41) is 1.52. The van der Waals surface area contributed by atoms with Crippen LogP contribution in [0.3, 0.4) is 0 Å². The standard InChI is InChI=1S/C14H13FN2.C2H6/c1-4-10-11(15)6-5-9-7-12(16)17-14(8(2)3)13(9)10;1-2/h1,5-8H,2-3H3,(H2,16,17);1-2H3. The third-order valence-electron chi connectivity index (χ3n) is 2.69. The maximum Gasteiger partial charge on any atom is 0.139 e. The van der Waals surface area contributed by atoms with Crippen LogP contribution >= 0.6 is 0 Å². The lowest BCUT2D eigenvalue weighted by Gasteiger charge is -2.12. The first kappa shape index (κ1) is 15.0. The maximum atomic E-state index is 13.7. The van der Waals surface area contributed by atoms with Crippen LogP contribution in [0.5, 0.6) is 0 Å². The fraction of sp³-hybridized carbons (Fsp3) is 0.312. The zero-order valence-corrected chi connectivity index (χ0v) is 11.8. The van der Waals surface area contributed by atoms with E-state index in [0.717, 1.165) is 11.1 Å². The van der Waals surface area contributed by atoms with E-state index in [1.807, 2.05) is 27.7 Å². The van der Waals surface area contributed by atoms with Crippen molar-refractivity contribution in [3.05, 3.63) is 35.3 Å². The number of pyridine rings is 1. The van der Waals surface area contributed by atoms with E-state index in [0.29, 0.717) is 11.2 Å². The molecule has 0 unspecified atom stereocenters. The number of halogens is 1. The lowest BCUT2D eigenvalue weighted by molar-refractivity contribution is 0.626. The van der Waals surface area contributed by atoms with Gasteiger partial charge in [0.2, 0.25) is 0 Å². The molecule has 0 amide bonds. The quantitative estimate of drug-likeness (QED) is 0.782. The summed E-state index contributed by atoms with van der Waals surface area (Å²) in [5.74, 6) is 2.56. The van der Waals surface area contributed by atoms with E-state index in [1.54, 1.807) is 12.1 Å². The van der Waals surface area contributed by atoms with Crippen molar-refractivity contribution in [1.29, 1.82) is 0 Å². The second-order valence-corrected chi connectivity index (χ2v) is 4.25. The van der Waals surface area contributed by atoms with E-state index in [2.05, 4.69) is 10.9 Å². The molecule has 0 fully saturated rings. The number of nitrogens with zero attached hydrogens (tertiary/aromatic N) is 1. The van der Waals surface area contributed by atoms with Gasteiger partial charge in [-0.3, -0.25) is 0 Å². The van der Waals surface area contributed by atoms with Crippen LogP contribution in [0.25, 0.3) is 10.8 Å². The molecule has 2 nitrogen and oxygen atoms in total. The van der Waals surface area contributed by atoms with Crippen LogP contribution in [0.1, 0.15) is 44.9 Å². The Kier molecular flexibility index (Phi) is 4.88. The van der Waals surface area contributed by atoms with Crippen molar-refractivity contribution in [2.45, 2.75) is 33.6 Å². The smallest absolute Gasteiger partial charge is 0.139 e. The minimum Gasteiger partial charge on any atom is -0.384 e. The number of aromatic nitrogens is 1. The molecule has 1 heterocycles. The largest absolute Gasteiger partial charge is 0.384 e. The fourth-order valence-electron chi connectivity index (χ4n) is 1.94. The van der Waals surface area contributed by atoms with Gasteiger partial charge < -0.3 is 5.73 Å². The molecule has 1 aromatic heterocycles. The predicted molar refractivity (Wildman–Crippen MR) is 79.5 cm³/mol. The third kappa shape index (κ3) is 2.85. The number of hydrogen-bond donors (Lipinski definition) is 1. The molecule has 0 radical (unpaired) electrons. The molecule has 0 saturated heterocycles. The Balaban J connectivity index is 0.000000861. The number of hydrogen-bond acceptors (Lipinski definition) is 2.